The smallest absolute Gasteiger partial charge is 0.317 e. The first kappa shape index (κ1) is 16.5. The fourth-order valence-electron chi connectivity index (χ4n) is 1.88. The van der Waals surface area contributed by atoms with Gasteiger partial charge in [0.1, 0.15) is 0 Å². The van der Waals surface area contributed by atoms with Gasteiger partial charge < -0.3 is 19.9 Å². The summed E-state index contributed by atoms with van der Waals surface area (Å²) in [6.07, 6.45) is 6.24. The molecule has 0 spiro atoms. The molecule has 114 valence electrons. The van der Waals surface area contributed by atoms with Crippen molar-refractivity contribution in [2.24, 2.45) is 0 Å². The highest BCUT2D eigenvalue weighted by Gasteiger charge is 2.24. The molecule has 1 aromatic rings. The van der Waals surface area contributed by atoms with Gasteiger partial charge in [0, 0.05) is 31.5 Å². The van der Waals surface area contributed by atoms with Crippen LogP contribution in [-0.2, 0) is 6.54 Å². The molecule has 20 heavy (non-hydrogen) atoms. The van der Waals surface area contributed by atoms with E-state index in [0.29, 0.717) is 13.1 Å². The molecule has 0 unspecified atom stereocenters. The van der Waals surface area contributed by atoms with Crippen LogP contribution in [0, 0.1) is 0 Å². The predicted molar refractivity (Wildman–Crippen MR) is 78.4 cm³/mol. The van der Waals surface area contributed by atoms with Crippen LogP contribution in [0.1, 0.15) is 34.1 Å². The highest BCUT2D eigenvalue weighted by Crippen LogP contribution is 2.08. The average molecular weight is 282 g/mol. The van der Waals surface area contributed by atoms with Crippen LogP contribution < -0.4 is 5.32 Å². The van der Waals surface area contributed by atoms with E-state index < -0.39 is 5.60 Å². The van der Waals surface area contributed by atoms with E-state index in [4.69, 9.17) is 0 Å². The Morgan fingerprint density at radius 1 is 1.50 bits per heavy atom. The minimum Gasteiger partial charge on any atom is -0.389 e. The zero-order chi connectivity index (χ0) is 15.2. The molecule has 0 aliphatic heterocycles. The molecule has 0 aliphatic rings. The van der Waals surface area contributed by atoms with Crippen LogP contribution in [0.15, 0.2) is 18.7 Å². The quantitative estimate of drug-likeness (QED) is 0.744. The predicted octanol–water partition coefficient (Wildman–Crippen LogP) is 1.46. The summed E-state index contributed by atoms with van der Waals surface area (Å²) < 4.78 is 1.98. The van der Waals surface area contributed by atoms with E-state index in [1.165, 1.54) is 0 Å². The molecule has 0 aromatic carbocycles. The summed E-state index contributed by atoms with van der Waals surface area (Å²) >= 11 is 0. The van der Waals surface area contributed by atoms with Gasteiger partial charge in [-0.3, -0.25) is 0 Å². The number of nitrogens with zero attached hydrogens (tertiary/aromatic N) is 3. The Morgan fingerprint density at radius 3 is 2.70 bits per heavy atom. The molecule has 1 rings (SSSR count). The maximum Gasteiger partial charge on any atom is 0.317 e. The number of urea groups is 1. The van der Waals surface area contributed by atoms with Crippen LogP contribution >= 0.6 is 0 Å². The van der Waals surface area contributed by atoms with Crippen molar-refractivity contribution in [2.45, 2.75) is 52.3 Å². The van der Waals surface area contributed by atoms with E-state index in [1.807, 2.05) is 24.6 Å². The van der Waals surface area contributed by atoms with E-state index >= 15 is 0 Å². The number of aliphatic hydroxyl groups is 1. The molecule has 6 nitrogen and oxygen atoms in total. The second kappa shape index (κ2) is 7.28. The molecular weight excluding hydrogens is 256 g/mol. The lowest BCUT2D eigenvalue weighted by atomic mass is 10.1. The molecule has 0 bridgehead atoms. The van der Waals surface area contributed by atoms with Gasteiger partial charge in [-0.25, -0.2) is 9.78 Å². The SMILES string of the molecule is CC(C)N(CC(C)(C)O)C(=O)NCCCn1ccnc1. The Labute approximate surface area is 120 Å². The van der Waals surface area contributed by atoms with Crippen molar-refractivity contribution in [1.29, 1.82) is 0 Å². The Bertz CT molecular complexity index is 396. The zero-order valence-electron chi connectivity index (χ0n) is 12.8. The van der Waals surface area contributed by atoms with Crippen molar-refractivity contribution in [3.8, 4) is 0 Å². The monoisotopic (exact) mass is 282 g/mol. The van der Waals surface area contributed by atoms with E-state index in [9.17, 15) is 9.90 Å². The van der Waals surface area contributed by atoms with E-state index in [-0.39, 0.29) is 12.1 Å². The third-order valence-electron chi connectivity index (χ3n) is 2.87. The third kappa shape index (κ3) is 6.06. The molecule has 6 heteroatoms. The number of amides is 2. The van der Waals surface area contributed by atoms with Crippen molar-refractivity contribution in [2.75, 3.05) is 13.1 Å². The Balaban J connectivity index is 2.34. The first-order valence-electron chi connectivity index (χ1n) is 7.02. The Morgan fingerprint density at radius 2 is 2.20 bits per heavy atom. The van der Waals surface area contributed by atoms with Crippen LogP contribution in [0.4, 0.5) is 4.79 Å². The summed E-state index contributed by atoms with van der Waals surface area (Å²) in [7, 11) is 0. The number of rotatable bonds is 7. The molecule has 2 amide bonds. The topological polar surface area (TPSA) is 70.4 Å². The second-order valence-electron chi connectivity index (χ2n) is 5.92. The van der Waals surface area contributed by atoms with Gasteiger partial charge in [0.05, 0.1) is 18.5 Å². The molecule has 0 saturated carbocycles. The molecule has 0 radical (unpaired) electrons. The maximum atomic E-state index is 12.1. The molecule has 1 heterocycles. The fraction of sp³-hybridized carbons (Fsp3) is 0.714. The molecule has 0 atom stereocenters. The van der Waals surface area contributed by atoms with Crippen molar-refractivity contribution in [3.63, 3.8) is 0 Å². The number of carbonyl (C=O) groups is 1. The number of hydrogen-bond acceptors (Lipinski definition) is 3. The van der Waals surface area contributed by atoms with Gasteiger partial charge in [-0.15, -0.1) is 0 Å². The molecule has 1 aromatic heterocycles. The highest BCUT2D eigenvalue weighted by molar-refractivity contribution is 5.74. The van der Waals surface area contributed by atoms with Crippen LogP contribution in [-0.4, -0.2) is 50.3 Å². The lowest BCUT2D eigenvalue weighted by Crippen LogP contribution is -2.50. The molecule has 0 fully saturated rings. The van der Waals surface area contributed by atoms with Crippen LogP contribution in [0.3, 0.4) is 0 Å². The number of aryl methyl sites for hydroxylation is 1. The highest BCUT2D eigenvalue weighted by atomic mass is 16.3. The van der Waals surface area contributed by atoms with E-state index in [0.717, 1.165) is 13.0 Å². The van der Waals surface area contributed by atoms with Gasteiger partial charge in [-0.05, 0) is 34.1 Å². The lowest BCUT2D eigenvalue weighted by Gasteiger charge is -2.32. The first-order valence-corrected chi connectivity index (χ1v) is 7.02. The summed E-state index contributed by atoms with van der Waals surface area (Å²) in [5, 5.41) is 12.7. The van der Waals surface area contributed by atoms with Crippen LogP contribution in [0.25, 0.3) is 0 Å². The largest absolute Gasteiger partial charge is 0.389 e. The lowest BCUT2D eigenvalue weighted by molar-refractivity contribution is 0.0388. The summed E-state index contributed by atoms with van der Waals surface area (Å²) in [6, 6.07) is -0.0807. The fourth-order valence-corrected chi connectivity index (χ4v) is 1.88. The molecular formula is C14H26N4O2. The second-order valence-corrected chi connectivity index (χ2v) is 5.92. The van der Waals surface area contributed by atoms with Gasteiger partial charge in [-0.2, -0.15) is 0 Å². The first-order chi connectivity index (χ1) is 9.29. The Kier molecular flexibility index (Phi) is 6.01. The summed E-state index contributed by atoms with van der Waals surface area (Å²) in [5.74, 6) is 0. The van der Waals surface area contributed by atoms with Gasteiger partial charge >= 0.3 is 6.03 Å². The van der Waals surface area contributed by atoms with E-state index in [2.05, 4.69) is 10.3 Å². The number of carbonyl (C=O) groups excluding carboxylic acids is 1. The number of aromatic nitrogens is 2. The zero-order valence-corrected chi connectivity index (χ0v) is 12.8. The average Bonchev–Trinajstić information content (AvgIpc) is 2.83. The summed E-state index contributed by atoms with van der Waals surface area (Å²) in [5.41, 5.74) is -0.890. The molecule has 0 aliphatic carbocycles. The Hall–Kier alpha value is -1.56. The maximum absolute atomic E-state index is 12.1. The van der Waals surface area contributed by atoms with Gasteiger partial charge in [-0.1, -0.05) is 0 Å². The number of nitrogens with one attached hydrogen (secondary N) is 1. The van der Waals surface area contributed by atoms with Crippen molar-refractivity contribution in [3.05, 3.63) is 18.7 Å². The minimum absolute atomic E-state index is 0.0510. The van der Waals surface area contributed by atoms with Gasteiger partial charge in [0.15, 0.2) is 0 Å². The number of imidazole rings is 1. The van der Waals surface area contributed by atoms with Crippen molar-refractivity contribution >= 4 is 6.03 Å². The standard InChI is InChI=1S/C14H26N4O2/c1-12(2)18(10-14(3,4)20)13(19)16-6-5-8-17-9-7-15-11-17/h7,9,11-12,20H,5-6,8,10H2,1-4H3,(H,16,19). The van der Waals surface area contributed by atoms with Gasteiger partial charge in [0.25, 0.3) is 0 Å². The molecule has 0 saturated heterocycles. The third-order valence-corrected chi connectivity index (χ3v) is 2.87. The van der Waals surface area contributed by atoms with Crippen molar-refractivity contribution < 1.29 is 9.90 Å². The molecule has 2 N–H and O–H groups in total. The van der Waals surface area contributed by atoms with Gasteiger partial charge in [0.2, 0.25) is 0 Å². The normalized spacial score (nSPS) is 11.7. The van der Waals surface area contributed by atoms with Crippen LogP contribution in [0.5, 0.6) is 0 Å². The number of hydrogen-bond donors (Lipinski definition) is 2. The van der Waals surface area contributed by atoms with Crippen LogP contribution in [0.2, 0.25) is 0 Å². The van der Waals surface area contributed by atoms with Crippen molar-refractivity contribution in [1.82, 2.24) is 19.8 Å². The van der Waals surface area contributed by atoms with E-state index in [1.54, 1.807) is 31.3 Å². The summed E-state index contributed by atoms with van der Waals surface area (Å²) in [4.78, 5) is 17.7. The summed E-state index contributed by atoms with van der Waals surface area (Å²) in [6.45, 7) is 9.04. The minimum atomic E-state index is -0.890.